The van der Waals surface area contributed by atoms with Gasteiger partial charge in [-0.25, -0.2) is 0 Å². The molecule has 0 bridgehead atoms. The molecule has 120 valence electrons. The Balaban J connectivity index is 1.56. The van der Waals surface area contributed by atoms with Crippen molar-refractivity contribution in [1.82, 2.24) is 5.32 Å². The Morgan fingerprint density at radius 3 is 2.18 bits per heavy atom. The van der Waals surface area contributed by atoms with Crippen LogP contribution in [0.2, 0.25) is 0 Å². The molecule has 3 heteroatoms. The Morgan fingerprint density at radius 2 is 1.55 bits per heavy atom. The minimum Gasteiger partial charge on any atom is -0.349 e. The molecule has 22 heavy (non-hydrogen) atoms. The van der Waals surface area contributed by atoms with Crippen LogP contribution in [0.5, 0.6) is 0 Å². The van der Waals surface area contributed by atoms with Gasteiger partial charge in [0, 0.05) is 17.6 Å². The summed E-state index contributed by atoms with van der Waals surface area (Å²) >= 11 is 0. The van der Waals surface area contributed by atoms with Crippen LogP contribution >= 0.6 is 0 Å². The lowest BCUT2D eigenvalue weighted by Gasteiger charge is -2.27. The maximum absolute atomic E-state index is 12.3. The smallest absolute Gasteiger partial charge is 0.251 e. The van der Waals surface area contributed by atoms with E-state index in [2.05, 4.69) is 17.4 Å². The summed E-state index contributed by atoms with van der Waals surface area (Å²) in [6, 6.07) is 8.92. The van der Waals surface area contributed by atoms with Crippen LogP contribution in [0.3, 0.4) is 0 Å². The average molecular weight is 300 g/mol. The number of carbonyl (C=O) groups is 1. The van der Waals surface area contributed by atoms with E-state index in [1.54, 1.807) is 0 Å². The van der Waals surface area contributed by atoms with E-state index in [-0.39, 0.29) is 5.91 Å². The lowest BCUT2D eigenvalue weighted by atomic mass is 9.84. The Labute approximate surface area is 133 Å². The molecule has 2 aliphatic carbocycles. The van der Waals surface area contributed by atoms with Crippen LogP contribution in [0, 0.1) is 0 Å². The summed E-state index contributed by atoms with van der Waals surface area (Å²) in [6.07, 6.45) is 10.7. The van der Waals surface area contributed by atoms with Crippen LogP contribution in [-0.4, -0.2) is 18.0 Å². The number of rotatable bonds is 3. The monoisotopic (exact) mass is 300 g/mol. The zero-order valence-electron chi connectivity index (χ0n) is 13.4. The Morgan fingerprint density at radius 1 is 0.909 bits per heavy atom. The topological polar surface area (TPSA) is 55.1 Å². The molecule has 0 heterocycles. The molecule has 3 N–H and O–H groups in total. The number of nitrogens with one attached hydrogen (secondary N) is 1. The lowest BCUT2D eigenvalue weighted by molar-refractivity contribution is 0.0926. The highest BCUT2D eigenvalue weighted by atomic mass is 16.1. The van der Waals surface area contributed by atoms with E-state index in [1.165, 1.54) is 37.7 Å². The fourth-order valence-corrected chi connectivity index (χ4v) is 3.87. The normalized spacial score (nSPS) is 26.6. The van der Waals surface area contributed by atoms with Gasteiger partial charge in [0.05, 0.1) is 0 Å². The fraction of sp³-hybridized carbons (Fsp3) is 0.632. The van der Waals surface area contributed by atoms with Crippen LogP contribution in [0.1, 0.15) is 79.6 Å². The first kappa shape index (κ1) is 15.5. The van der Waals surface area contributed by atoms with Crippen molar-refractivity contribution in [2.45, 2.75) is 75.8 Å². The molecule has 0 aliphatic heterocycles. The molecular formula is C19H28N2O. The van der Waals surface area contributed by atoms with E-state index < -0.39 is 0 Å². The number of amides is 1. The fourth-order valence-electron chi connectivity index (χ4n) is 3.87. The zero-order valence-corrected chi connectivity index (χ0v) is 13.4. The van der Waals surface area contributed by atoms with Crippen LogP contribution in [0.25, 0.3) is 0 Å². The second-order valence-corrected chi connectivity index (χ2v) is 7.04. The first-order chi connectivity index (χ1) is 10.7. The molecule has 1 aromatic rings. The first-order valence-corrected chi connectivity index (χ1v) is 8.89. The Kier molecular flexibility index (Phi) is 5.14. The van der Waals surface area contributed by atoms with Crippen molar-refractivity contribution in [2.75, 3.05) is 0 Å². The van der Waals surface area contributed by atoms with Gasteiger partial charge in [-0.3, -0.25) is 4.79 Å². The van der Waals surface area contributed by atoms with Gasteiger partial charge in [-0.2, -0.15) is 0 Å². The summed E-state index contributed by atoms with van der Waals surface area (Å²) in [6.45, 7) is 0. The molecule has 2 saturated carbocycles. The van der Waals surface area contributed by atoms with E-state index in [0.717, 1.165) is 31.2 Å². The van der Waals surface area contributed by atoms with Gasteiger partial charge in [-0.1, -0.05) is 31.4 Å². The average Bonchev–Trinajstić information content (AvgIpc) is 2.58. The van der Waals surface area contributed by atoms with Gasteiger partial charge in [-0.05, 0) is 62.1 Å². The van der Waals surface area contributed by atoms with Crippen LogP contribution < -0.4 is 11.1 Å². The predicted octanol–water partition coefficient (Wildman–Crippen LogP) is 3.73. The van der Waals surface area contributed by atoms with Crippen LogP contribution in [0.4, 0.5) is 0 Å². The molecule has 0 radical (unpaired) electrons. The van der Waals surface area contributed by atoms with Crippen molar-refractivity contribution >= 4 is 5.91 Å². The zero-order chi connectivity index (χ0) is 15.4. The molecule has 2 aliphatic rings. The highest BCUT2D eigenvalue weighted by Crippen LogP contribution is 2.32. The van der Waals surface area contributed by atoms with Gasteiger partial charge in [0.2, 0.25) is 0 Å². The third-order valence-electron chi connectivity index (χ3n) is 5.36. The summed E-state index contributed by atoms with van der Waals surface area (Å²) in [7, 11) is 0. The molecule has 3 rings (SSSR count). The van der Waals surface area contributed by atoms with E-state index in [9.17, 15) is 4.79 Å². The summed E-state index contributed by atoms with van der Waals surface area (Å²) in [4.78, 5) is 12.3. The lowest BCUT2D eigenvalue weighted by Crippen LogP contribution is -2.40. The third-order valence-corrected chi connectivity index (χ3v) is 5.36. The summed E-state index contributed by atoms with van der Waals surface area (Å²) in [5.74, 6) is 0.765. The largest absolute Gasteiger partial charge is 0.349 e. The number of nitrogens with two attached hydrogens (primary N) is 1. The molecule has 0 atom stereocenters. The van der Waals surface area contributed by atoms with Gasteiger partial charge in [0.25, 0.3) is 5.91 Å². The molecule has 2 fully saturated rings. The highest BCUT2D eigenvalue weighted by molar-refractivity contribution is 5.94. The molecule has 1 amide bonds. The minimum atomic E-state index is 0.0654. The Bertz CT molecular complexity index is 483. The van der Waals surface area contributed by atoms with E-state index in [4.69, 9.17) is 5.73 Å². The van der Waals surface area contributed by atoms with Gasteiger partial charge < -0.3 is 11.1 Å². The number of carbonyl (C=O) groups excluding carboxylic acids is 1. The molecule has 0 aromatic heterocycles. The van der Waals surface area contributed by atoms with Crippen molar-refractivity contribution in [3.63, 3.8) is 0 Å². The SMILES string of the molecule is NC1CCC(NC(=O)c2ccc(C3CCCCC3)cc2)CC1. The molecule has 3 nitrogen and oxygen atoms in total. The first-order valence-electron chi connectivity index (χ1n) is 8.89. The predicted molar refractivity (Wildman–Crippen MR) is 90.0 cm³/mol. The van der Waals surface area contributed by atoms with Crippen molar-refractivity contribution < 1.29 is 4.79 Å². The van der Waals surface area contributed by atoms with E-state index in [1.807, 2.05) is 12.1 Å². The maximum Gasteiger partial charge on any atom is 0.251 e. The number of hydrogen-bond acceptors (Lipinski definition) is 2. The standard InChI is InChI=1S/C19H28N2O/c20-17-10-12-18(13-11-17)21-19(22)16-8-6-15(7-9-16)14-4-2-1-3-5-14/h6-9,14,17-18H,1-5,10-13,20H2,(H,21,22). The molecular weight excluding hydrogens is 272 g/mol. The number of benzene rings is 1. The van der Waals surface area contributed by atoms with E-state index in [0.29, 0.717) is 18.0 Å². The van der Waals surface area contributed by atoms with Crippen molar-refractivity contribution in [2.24, 2.45) is 5.73 Å². The van der Waals surface area contributed by atoms with Gasteiger partial charge in [0.15, 0.2) is 0 Å². The molecule has 0 saturated heterocycles. The van der Waals surface area contributed by atoms with Gasteiger partial charge >= 0.3 is 0 Å². The van der Waals surface area contributed by atoms with Crippen LogP contribution in [0.15, 0.2) is 24.3 Å². The van der Waals surface area contributed by atoms with Crippen molar-refractivity contribution in [3.05, 3.63) is 35.4 Å². The maximum atomic E-state index is 12.3. The summed E-state index contributed by atoms with van der Waals surface area (Å²) in [5, 5.41) is 3.16. The quantitative estimate of drug-likeness (QED) is 0.893. The van der Waals surface area contributed by atoms with Crippen molar-refractivity contribution in [1.29, 1.82) is 0 Å². The number of hydrogen-bond donors (Lipinski definition) is 2. The summed E-state index contributed by atoms with van der Waals surface area (Å²) in [5.41, 5.74) is 8.10. The summed E-state index contributed by atoms with van der Waals surface area (Å²) < 4.78 is 0. The molecule has 0 spiro atoms. The Hall–Kier alpha value is -1.35. The van der Waals surface area contributed by atoms with Gasteiger partial charge in [-0.15, -0.1) is 0 Å². The van der Waals surface area contributed by atoms with Crippen LogP contribution in [-0.2, 0) is 0 Å². The molecule has 0 unspecified atom stereocenters. The highest BCUT2D eigenvalue weighted by Gasteiger charge is 2.21. The molecule has 1 aromatic carbocycles. The second kappa shape index (κ2) is 7.28. The van der Waals surface area contributed by atoms with Gasteiger partial charge in [0.1, 0.15) is 0 Å². The second-order valence-electron chi connectivity index (χ2n) is 7.04. The van der Waals surface area contributed by atoms with E-state index >= 15 is 0 Å². The van der Waals surface area contributed by atoms with Crippen molar-refractivity contribution in [3.8, 4) is 0 Å². The minimum absolute atomic E-state index is 0.0654. The third kappa shape index (κ3) is 3.89.